The van der Waals surface area contributed by atoms with E-state index < -0.39 is 5.41 Å². The van der Waals surface area contributed by atoms with Crippen LogP contribution in [-0.4, -0.2) is 32.8 Å². The summed E-state index contributed by atoms with van der Waals surface area (Å²) >= 11 is 8.65. The Morgan fingerprint density at radius 3 is 2.06 bits per heavy atom. The molecule has 100 valence electrons. The van der Waals surface area contributed by atoms with Crippen LogP contribution >= 0.6 is 36.1 Å². The fraction of sp³-hybridized carbons (Fsp3) is 0.818. The second kappa shape index (κ2) is 8.21. The maximum atomic E-state index is 11.9. The molecule has 0 aliphatic heterocycles. The molecule has 0 aromatic heterocycles. The van der Waals surface area contributed by atoms with Crippen molar-refractivity contribution in [2.75, 3.05) is 18.1 Å². The molecule has 0 aliphatic carbocycles. The molecule has 6 heteroatoms. The summed E-state index contributed by atoms with van der Waals surface area (Å²) in [5, 5.41) is 0. The minimum Gasteiger partial charge on any atom is -0.465 e. The Hall–Kier alpha value is 0.0600. The van der Waals surface area contributed by atoms with Gasteiger partial charge in [0, 0.05) is 11.5 Å². The molecule has 0 rings (SSSR count). The summed E-state index contributed by atoms with van der Waals surface area (Å²) in [5.41, 5.74) is -0.754. The van der Waals surface area contributed by atoms with Gasteiger partial charge in [-0.2, -0.15) is 0 Å². The van der Waals surface area contributed by atoms with Crippen LogP contribution in [0.25, 0.3) is 0 Å². The number of hydrogen-bond acceptors (Lipinski definition) is 5. The maximum Gasteiger partial charge on any atom is 0.318 e. The molecule has 0 bridgehead atoms. The lowest BCUT2D eigenvalue weighted by atomic mass is 9.94. The second-order valence-electron chi connectivity index (χ2n) is 3.74. The van der Waals surface area contributed by atoms with Crippen molar-refractivity contribution < 1.29 is 9.53 Å². The van der Waals surface area contributed by atoms with Crippen LogP contribution in [0.15, 0.2) is 0 Å². The largest absolute Gasteiger partial charge is 0.465 e. The average Bonchev–Trinajstić information content (AvgIpc) is 2.28. The third kappa shape index (κ3) is 5.06. The summed E-state index contributed by atoms with van der Waals surface area (Å²) in [7, 11) is 0. The van der Waals surface area contributed by atoms with Gasteiger partial charge in [-0.1, -0.05) is 26.1 Å². The Kier molecular flexibility index (Phi) is 8.24. The van der Waals surface area contributed by atoms with Gasteiger partial charge < -0.3 is 4.74 Å². The highest BCUT2D eigenvalue weighted by Crippen LogP contribution is 2.32. The first-order chi connectivity index (χ1) is 7.91. The first kappa shape index (κ1) is 17.1. The highest BCUT2D eigenvalue weighted by molar-refractivity contribution is 8.13. The Bertz CT molecular complexity index is 263. The smallest absolute Gasteiger partial charge is 0.318 e. The number of esters is 1. The SMILES string of the molecule is CCOC(=O)C(C)(C)C(=S)N(SCC)SCC. The van der Waals surface area contributed by atoms with Crippen molar-refractivity contribution in [1.29, 1.82) is 0 Å². The van der Waals surface area contributed by atoms with E-state index in [9.17, 15) is 4.79 Å². The van der Waals surface area contributed by atoms with Crippen molar-refractivity contribution >= 4 is 47.1 Å². The number of hydrogen-bond donors (Lipinski definition) is 0. The lowest BCUT2D eigenvalue weighted by molar-refractivity contribution is -0.149. The van der Waals surface area contributed by atoms with Gasteiger partial charge in [0.25, 0.3) is 0 Å². The Labute approximate surface area is 118 Å². The minimum atomic E-state index is -0.754. The molecule has 0 heterocycles. The molecular formula is C11H21NO2S3. The van der Waals surface area contributed by atoms with E-state index >= 15 is 0 Å². The monoisotopic (exact) mass is 295 g/mol. The number of ether oxygens (including phenoxy) is 1. The first-order valence-electron chi connectivity index (χ1n) is 5.69. The number of thiocarbonyl (C=S) groups is 1. The van der Waals surface area contributed by atoms with Gasteiger partial charge in [0.05, 0.1) is 6.61 Å². The minimum absolute atomic E-state index is 0.261. The molecule has 0 spiro atoms. The van der Waals surface area contributed by atoms with E-state index in [1.54, 1.807) is 30.8 Å². The normalized spacial score (nSPS) is 11.1. The number of rotatable bonds is 7. The van der Waals surface area contributed by atoms with E-state index in [1.807, 2.05) is 17.6 Å². The third-order valence-corrected chi connectivity index (χ3v) is 4.89. The zero-order valence-electron chi connectivity index (χ0n) is 11.1. The zero-order valence-corrected chi connectivity index (χ0v) is 13.6. The standard InChI is InChI=1S/C11H21NO2S3/c1-6-14-10(13)11(4,5)9(15)12(16-7-2)17-8-3/h6-8H2,1-5H3. The molecule has 0 saturated carbocycles. The van der Waals surface area contributed by atoms with Gasteiger partial charge in [0.1, 0.15) is 10.4 Å². The second-order valence-corrected chi connectivity index (χ2v) is 6.76. The number of nitrogens with zero attached hydrogens (tertiary/aromatic N) is 1. The topological polar surface area (TPSA) is 29.5 Å². The van der Waals surface area contributed by atoms with Crippen LogP contribution in [0.5, 0.6) is 0 Å². The Morgan fingerprint density at radius 2 is 1.71 bits per heavy atom. The number of carbonyl (C=O) groups excluding carboxylic acids is 1. The van der Waals surface area contributed by atoms with Gasteiger partial charge in [-0.15, -0.1) is 0 Å². The molecule has 0 amide bonds. The summed E-state index contributed by atoms with van der Waals surface area (Å²) in [6.45, 7) is 9.93. The Morgan fingerprint density at radius 1 is 1.24 bits per heavy atom. The molecule has 0 N–H and O–H groups in total. The van der Waals surface area contributed by atoms with E-state index in [1.165, 1.54) is 0 Å². The summed E-state index contributed by atoms with van der Waals surface area (Å²) in [4.78, 5) is 12.5. The summed E-state index contributed by atoms with van der Waals surface area (Å²) in [6, 6.07) is 0. The van der Waals surface area contributed by atoms with E-state index in [0.717, 1.165) is 11.5 Å². The van der Waals surface area contributed by atoms with Crippen molar-refractivity contribution in [1.82, 2.24) is 3.71 Å². The highest BCUT2D eigenvalue weighted by atomic mass is 32.2. The summed E-state index contributed by atoms with van der Waals surface area (Å²) < 4.78 is 7.01. The summed E-state index contributed by atoms with van der Waals surface area (Å²) in [6.07, 6.45) is 0. The van der Waals surface area contributed by atoms with Crippen LogP contribution in [0.4, 0.5) is 0 Å². The van der Waals surface area contributed by atoms with Gasteiger partial charge in [0.15, 0.2) is 0 Å². The van der Waals surface area contributed by atoms with E-state index in [0.29, 0.717) is 11.6 Å². The fourth-order valence-corrected chi connectivity index (χ4v) is 3.51. The van der Waals surface area contributed by atoms with Crippen molar-refractivity contribution in [3.8, 4) is 0 Å². The lowest BCUT2D eigenvalue weighted by Crippen LogP contribution is -2.39. The van der Waals surface area contributed by atoms with Gasteiger partial charge in [-0.25, -0.2) is 0 Å². The van der Waals surface area contributed by atoms with Crippen LogP contribution < -0.4 is 0 Å². The predicted molar refractivity (Wildman–Crippen MR) is 81.1 cm³/mol. The molecule has 0 fully saturated rings. The molecule has 0 aromatic carbocycles. The van der Waals surface area contributed by atoms with Crippen molar-refractivity contribution in [3.63, 3.8) is 0 Å². The van der Waals surface area contributed by atoms with Crippen molar-refractivity contribution in [2.24, 2.45) is 5.41 Å². The van der Waals surface area contributed by atoms with Crippen LogP contribution in [-0.2, 0) is 9.53 Å². The molecule has 0 saturated heterocycles. The molecule has 0 unspecified atom stereocenters. The predicted octanol–water partition coefficient (Wildman–Crippen LogP) is 3.54. The third-order valence-electron chi connectivity index (χ3n) is 1.98. The fourth-order valence-electron chi connectivity index (χ4n) is 1.02. The van der Waals surface area contributed by atoms with E-state index in [2.05, 4.69) is 13.8 Å². The van der Waals surface area contributed by atoms with Gasteiger partial charge in [0.2, 0.25) is 0 Å². The maximum absolute atomic E-state index is 11.9. The first-order valence-corrected chi connectivity index (χ1v) is 7.98. The average molecular weight is 295 g/mol. The summed E-state index contributed by atoms with van der Waals surface area (Å²) in [5.74, 6) is 1.58. The molecule has 3 nitrogen and oxygen atoms in total. The van der Waals surface area contributed by atoms with Crippen LogP contribution in [0.2, 0.25) is 0 Å². The lowest BCUT2D eigenvalue weighted by Gasteiger charge is -2.30. The Balaban J connectivity index is 4.77. The molecule has 0 radical (unpaired) electrons. The number of carbonyl (C=O) groups is 1. The van der Waals surface area contributed by atoms with Crippen LogP contribution in [0, 0.1) is 5.41 Å². The zero-order chi connectivity index (χ0) is 13.5. The van der Waals surface area contributed by atoms with Crippen LogP contribution in [0.1, 0.15) is 34.6 Å². The quantitative estimate of drug-likeness (QED) is 0.405. The van der Waals surface area contributed by atoms with Crippen LogP contribution in [0.3, 0.4) is 0 Å². The van der Waals surface area contributed by atoms with E-state index in [4.69, 9.17) is 17.0 Å². The molecular weight excluding hydrogens is 274 g/mol. The molecule has 17 heavy (non-hydrogen) atoms. The van der Waals surface area contributed by atoms with Gasteiger partial charge in [-0.3, -0.25) is 8.51 Å². The van der Waals surface area contributed by atoms with Crippen molar-refractivity contribution in [2.45, 2.75) is 34.6 Å². The highest BCUT2D eigenvalue weighted by Gasteiger charge is 2.37. The molecule has 0 aromatic rings. The molecule has 0 aliphatic rings. The van der Waals surface area contributed by atoms with Gasteiger partial charge >= 0.3 is 5.97 Å². The van der Waals surface area contributed by atoms with E-state index in [-0.39, 0.29) is 5.97 Å². The molecule has 0 atom stereocenters. The van der Waals surface area contributed by atoms with Gasteiger partial charge in [-0.05, 0) is 44.7 Å². The van der Waals surface area contributed by atoms with Crippen molar-refractivity contribution in [3.05, 3.63) is 0 Å².